The zero-order valence-electron chi connectivity index (χ0n) is 12.2. The maximum atomic E-state index is 5.38. The molecule has 1 fully saturated rings. The summed E-state index contributed by atoms with van der Waals surface area (Å²) >= 11 is 0. The molecule has 5 heteroatoms. The molecule has 1 saturated carbocycles. The van der Waals surface area contributed by atoms with Gasteiger partial charge in [0.25, 0.3) is 0 Å². The van der Waals surface area contributed by atoms with Crippen LogP contribution in [0, 0.1) is 5.92 Å². The summed E-state index contributed by atoms with van der Waals surface area (Å²) < 4.78 is 10.5. The van der Waals surface area contributed by atoms with E-state index in [9.17, 15) is 0 Å². The van der Waals surface area contributed by atoms with Crippen molar-refractivity contribution in [1.29, 1.82) is 0 Å². The van der Waals surface area contributed by atoms with Gasteiger partial charge in [0.15, 0.2) is 5.82 Å². The van der Waals surface area contributed by atoms with E-state index in [0.29, 0.717) is 18.4 Å². The zero-order chi connectivity index (χ0) is 13.7. The molecule has 0 bridgehead atoms. The highest BCUT2D eigenvalue weighted by atomic mass is 16.5. The molecular weight excluding hydrogens is 242 g/mol. The molecule has 108 valence electrons. The fourth-order valence-electron chi connectivity index (χ4n) is 2.84. The summed E-state index contributed by atoms with van der Waals surface area (Å²) in [5.41, 5.74) is 0. The summed E-state index contributed by atoms with van der Waals surface area (Å²) in [5.74, 6) is 2.87. The molecule has 0 saturated heterocycles. The number of rotatable bonds is 6. The van der Waals surface area contributed by atoms with Gasteiger partial charge in [-0.1, -0.05) is 24.9 Å². The van der Waals surface area contributed by atoms with Crippen LogP contribution in [0.3, 0.4) is 0 Å². The van der Waals surface area contributed by atoms with Crippen LogP contribution in [0.15, 0.2) is 4.52 Å². The van der Waals surface area contributed by atoms with Gasteiger partial charge >= 0.3 is 0 Å². The maximum Gasteiger partial charge on any atom is 0.228 e. The molecule has 1 aromatic rings. The topological polar surface area (TPSA) is 60.2 Å². The molecule has 3 atom stereocenters. The lowest BCUT2D eigenvalue weighted by molar-refractivity contribution is 0.165. The van der Waals surface area contributed by atoms with E-state index in [1.54, 1.807) is 7.11 Å². The highest BCUT2D eigenvalue weighted by Gasteiger charge is 2.25. The van der Waals surface area contributed by atoms with Crippen LogP contribution >= 0.6 is 0 Å². The predicted octanol–water partition coefficient (Wildman–Crippen LogP) is 2.14. The second kappa shape index (κ2) is 7.01. The first-order valence-electron chi connectivity index (χ1n) is 7.21. The Labute approximate surface area is 115 Å². The van der Waals surface area contributed by atoms with Crippen LogP contribution in [-0.2, 0) is 11.2 Å². The Kier molecular flexibility index (Phi) is 5.34. The lowest BCUT2D eigenvalue weighted by Gasteiger charge is -2.23. The van der Waals surface area contributed by atoms with Crippen molar-refractivity contribution in [1.82, 2.24) is 15.5 Å². The van der Waals surface area contributed by atoms with Crippen molar-refractivity contribution >= 4 is 0 Å². The summed E-state index contributed by atoms with van der Waals surface area (Å²) in [5, 5.41) is 7.36. The molecule has 3 unspecified atom stereocenters. The van der Waals surface area contributed by atoms with Crippen molar-refractivity contribution in [2.45, 2.75) is 51.0 Å². The standard InChI is InChI=1S/C14H25N3O2/c1-10-5-4-6-11(7-10)14-16-13(19-17-14)8-12(15-2)9-18-3/h10-12,15H,4-9H2,1-3H3. The fourth-order valence-corrected chi connectivity index (χ4v) is 2.84. The van der Waals surface area contributed by atoms with E-state index in [1.807, 2.05) is 7.05 Å². The molecule has 19 heavy (non-hydrogen) atoms. The number of methoxy groups -OCH3 is 1. The third-order valence-corrected chi connectivity index (χ3v) is 3.98. The van der Waals surface area contributed by atoms with Gasteiger partial charge in [-0.25, -0.2) is 0 Å². The second-order valence-corrected chi connectivity index (χ2v) is 5.66. The van der Waals surface area contributed by atoms with Gasteiger partial charge in [-0.2, -0.15) is 4.98 Å². The first-order chi connectivity index (χ1) is 9.22. The fraction of sp³-hybridized carbons (Fsp3) is 0.857. The third kappa shape index (κ3) is 4.01. The molecule has 0 aromatic carbocycles. The highest BCUT2D eigenvalue weighted by Crippen LogP contribution is 2.34. The summed E-state index contributed by atoms with van der Waals surface area (Å²) in [6, 6.07) is 0.226. The number of nitrogens with zero attached hydrogens (tertiary/aromatic N) is 2. The third-order valence-electron chi connectivity index (χ3n) is 3.98. The van der Waals surface area contributed by atoms with Gasteiger partial charge in [-0.15, -0.1) is 0 Å². The Morgan fingerprint density at radius 1 is 1.47 bits per heavy atom. The Bertz CT molecular complexity index is 381. The Hall–Kier alpha value is -0.940. The van der Waals surface area contributed by atoms with E-state index in [2.05, 4.69) is 22.4 Å². The normalized spacial score (nSPS) is 25.4. The van der Waals surface area contributed by atoms with Crippen LogP contribution in [0.2, 0.25) is 0 Å². The quantitative estimate of drug-likeness (QED) is 0.855. The predicted molar refractivity (Wildman–Crippen MR) is 73.1 cm³/mol. The molecule has 1 N–H and O–H groups in total. The number of ether oxygens (including phenoxy) is 1. The Morgan fingerprint density at radius 3 is 3.00 bits per heavy atom. The van der Waals surface area contributed by atoms with E-state index >= 15 is 0 Å². The molecule has 5 nitrogen and oxygen atoms in total. The minimum absolute atomic E-state index is 0.226. The molecule has 1 aromatic heterocycles. The molecule has 0 spiro atoms. The average Bonchev–Trinajstić information content (AvgIpc) is 2.87. The SMILES string of the molecule is CNC(COC)Cc1nc(C2CCCC(C)C2)no1. The summed E-state index contributed by atoms with van der Waals surface area (Å²) in [6.07, 6.45) is 5.71. The molecule has 0 radical (unpaired) electrons. The number of likely N-dealkylation sites (N-methyl/N-ethyl adjacent to an activating group) is 1. The highest BCUT2D eigenvalue weighted by molar-refractivity contribution is 4.98. The van der Waals surface area contributed by atoms with Gasteiger partial charge in [-0.3, -0.25) is 0 Å². The van der Waals surface area contributed by atoms with Crippen LogP contribution in [0.1, 0.15) is 50.2 Å². The first kappa shape index (κ1) is 14.5. The van der Waals surface area contributed by atoms with Crippen molar-refractivity contribution in [3.8, 4) is 0 Å². The minimum atomic E-state index is 0.226. The van der Waals surface area contributed by atoms with Crippen LogP contribution in [0.5, 0.6) is 0 Å². The number of hydrogen-bond donors (Lipinski definition) is 1. The summed E-state index contributed by atoms with van der Waals surface area (Å²) in [6.45, 7) is 2.96. The lowest BCUT2D eigenvalue weighted by Crippen LogP contribution is -2.32. The minimum Gasteiger partial charge on any atom is -0.383 e. The first-order valence-corrected chi connectivity index (χ1v) is 7.21. The van der Waals surface area contributed by atoms with Crippen LogP contribution in [0.4, 0.5) is 0 Å². The number of nitrogens with one attached hydrogen (secondary N) is 1. The van der Waals surface area contributed by atoms with E-state index < -0.39 is 0 Å². The summed E-state index contributed by atoms with van der Waals surface area (Å²) in [7, 11) is 3.62. The van der Waals surface area contributed by atoms with E-state index in [0.717, 1.165) is 18.2 Å². The van der Waals surface area contributed by atoms with Gasteiger partial charge in [0, 0.05) is 25.5 Å². The van der Waals surface area contributed by atoms with Crippen molar-refractivity contribution in [2.24, 2.45) is 5.92 Å². The Morgan fingerprint density at radius 2 is 2.32 bits per heavy atom. The van der Waals surface area contributed by atoms with Crippen LogP contribution in [-0.4, -0.2) is 36.9 Å². The van der Waals surface area contributed by atoms with Gasteiger partial charge in [0.1, 0.15) is 0 Å². The molecular formula is C14H25N3O2. The maximum absolute atomic E-state index is 5.38. The van der Waals surface area contributed by atoms with Crippen molar-refractivity contribution in [2.75, 3.05) is 20.8 Å². The molecule has 1 heterocycles. The molecule has 1 aliphatic rings. The molecule has 2 rings (SSSR count). The van der Waals surface area contributed by atoms with Gasteiger partial charge in [-0.05, 0) is 25.8 Å². The monoisotopic (exact) mass is 267 g/mol. The lowest BCUT2D eigenvalue weighted by atomic mass is 9.82. The summed E-state index contributed by atoms with van der Waals surface area (Å²) in [4.78, 5) is 4.57. The smallest absolute Gasteiger partial charge is 0.228 e. The van der Waals surface area contributed by atoms with Crippen molar-refractivity contribution < 1.29 is 9.26 Å². The van der Waals surface area contributed by atoms with E-state index in [-0.39, 0.29) is 6.04 Å². The molecule has 1 aliphatic carbocycles. The molecule has 0 amide bonds. The average molecular weight is 267 g/mol. The van der Waals surface area contributed by atoms with Crippen molar-refractivity contribution in [3.05, 3.63) is 11.7 Å². The largest absolute Gasteiger partial charge is 0.383 e. The van der Waals surface area contributed by atoms with E-state index in [1.165, 1.54) is 25.7 Å². The van der Waals surface area contributed by atoms with Crippen LogP contribution < -0.4 is 5.32 Å². The number of hydrogen-bond acceptors (Lipinski definition) is 5. The van der Waals surface area contributed by atoms with Gasteiger partial charge in [0.2, 0.25) is 5.89 Å². The zero-order valence-corrected chi connectivity index (χ0v) is 12.2. The Balaban J connectivity index is 1.94. The molecule has 0 aliphatic heterocycles. The van der Waals surface area contributed by atoms with Crippen LogP contribution in [0.25, 0.3) is 0 Å². The second-order valence-electron chi connectivity index (χ2n) is 5.66. The van der Waals surface area contributed by atoms with Gasteiger partial charge in [0.05, 0.1) is 6.61 Å². The van der Waals surface area contributed by atoms with Crippen molar-refractivity contribution in [3.63, 3.8) is 0 Å². The van der Waals surface area contributed by atoms with E-state index in [4.69, 9.17) is 9.26 Å². The number of aromatic nitrogens is 2. The van der Waals surface area contributed by atoms with Gasteiger partial charge < -0.3 is 14.6 Å².